The van der Waals surface area contributed by atoms with Crippen molar-refractivity contribution in [3.63, 3.8) is 0 Å². The van der Waals surface area contributed by atoms with Crippen LogP contribution in [0.5, 0.6) is 0 Å². The fourth-order valence-electron chi connectivity index (χ4n) is 3.33. The minimum absolute atomic E-state index is 0.144. The smallest absolute Gasteiger partial charge is 0.311 e. The lowest BCUT2D eigenvalue weighted by Gasteiger charge is -2.20. The molecule has 3 rings (SSSR count). The number of sulfone groups is 1. The molecular weight excluding hydrogens is 396 g/mol. The van der Waals surface area contributed by atoms with Crippen LogP contribution in [0, 0.1) is 13.8 Å². The third-order valence-electron chi connectivity index (χ3n) is 4.92. The van der Waals surface area contributed by atoms with Gasteiger partial charge in [-0.15, -0.1) is 11.3 Å². The molecule has 2 aromatic rings. The van der Waals surface area contributed by atoms with E-state index in [1.165, 1.54) is 16.2 Å². The van der Waals surface area contributed by atoms with Crippen LogP contribution in [-0.2, 0) is 19.4 Å². The number of hydrogen-bond acceptors (Lipinski definition) is 5. The Kier molecular flexibility index (Phi) is 6.20. The Morgan fingerprint density at radius 2 is 1.89 bits per heavy atom. The van der Waals surface area contributed by atoms with Crippen LogP contribution in [0.25, 0.3) is 0 Å². The van der Waals surface area contributed by atoms with Crippen LogP contribution in [0.15, 0.2) is 40.6 Å². The molecule has 1 fully saturated rings. The molecule has 1 saturated heterocycles. The molecule has 1 aliphatic heterocycles. The topological polar surface area (TPSA) is 83.5 Å². The Balaban J connectivity index is 1.85. The maximum atomic E-state index is 13.4. The normalized spacial score (nSPS) is 15.4. The van der Waals surface area contributed by atoms with Gasteiger partial charge in [-0.05, 0) is 55.3 Å². The molecule has 0 radical (unpaired) electrons. The average molecular weight is 421 g/mol. The molecule has 1 aromatic carbocycles. The average Bonchev–Trinajstić information content (AvgIpc) is 3.36. The van der Waals surface area contributed by atoms with E-state index < -0.39 is 26.9 Å². The van der Waals surface area contributed by atoms with E-state index in [1.54, 1.807) is 36.6 Å². The standard InChI is InChI=1S/C20H24N2O4S2/c1-14-7-8-15(2)17(12-14)28(25,26)18(16-6-5-11-27-16)13-21-19(23)20(24)22-9-3-4-10-22/h5-8,11-12,18H,3-4,9-10,13H2,1-2H3,(H,21,23)/t18-/m0/s1. The second kappa shape index (κ2) is 8.45. The monoisotopic (exact) mass is 420 g/mol. The summed E-state index contributed by atoms with van der Waals surface area (Å²) in [5.41, 5.74) is 1.51. The number of thiophene rings is 1. The highest BCUT2D eigenvalue weighted by Gasteiger charge is 2.33. The van der Waals surface area contributed by atoms with Crippen molar-refractivity contribution >= 4 is 33.0 Å². The highest BCUT2D eigenvalue weighted by atomic mass is 32.2. The zero-order valence-corrected chi connectivity index (χ0v) is 17.6. The van der Waals surface area contributed by atoms with Crippen molar-refractivity contribution in [2.24, 2.45) is 0 Å². The number of nitrogens with zero attached hydrogens (tertiary/aromatic N) is 1. The zero-order valence-electron chi connectivity index (χ0n) is 16.0. The SMILES string of the molecule is Cc1ccc(C)c(S(=O)(=O)[C@@H](CNC(=O)C(=O)N2CCCC2)c2cccs2)c1. The Bertz CT molecular complexity index is 962. The van der Waals surface area contributed by atoms with E-state index in [-0.39, 0.29) is 11.4 Å². The first-order valence-corrected chi connectivity index (χ1v) is 11.6. The second-order valence-electron chi connectivity index (χ2n) is 7.03. The number of nitrogens with one attached hydrogen (secondary N) is 1. The van der Waals surface area contributed by atoms with Gasteiger partial charge in [0.05, 0.1) is 4.90 Å². The van der Waals surface area contributed by atoms with E-state index in [0.29, 0.717) is 23.5 Å². The van der Waals surface area contributed by atoms with Gasteiger partial charge in [0.1, 0.15) is 5.25 Å². The van der Waals surface area contributed by atoms with Crippen molar-refractivity contribution in [2.75, 3.05) is 19.6 Å². The van der Waals surface area contributed by atoms with E-state index >= 15 is 0 Å². The molecule has 6 nitrogen and oxygen atoms in total. The fraction of sp³-hybridized carbons (Fsp3) is 0.400. The van der Waals surface area contributed by atoms with Gasteiger partial charge in [0.15, 0.2) is 9.84 Å². The van der Waals surface area contributed by atoms with Gasteiger partial charge in [0.2, 0.25) is 0 Å². The van der Waals surface area contributed by atoms with Gasteiger partial charge >= 0.3 is 11.8 Å². The minimum Gasteiger partial charge on any atom is -0.346 e. The number of amides is 2. The van der Waals surface area contributed by atoms with Crippen LogP contribution >= 0.6 is 11.3 Å². The molecule has 0 bridgehead atoms. The predicted octanol–water partition coefficient (Wildman–Crippen LogP) is 2.62. The molecule has 1 aliphatic rings. The fourth-order valence-corrected chi connectivity index (χ4v) is 6.44. The van der Waals surface area contributed by atoms with E-state index in [2.05, 4.69) is 5.32 Å². The summed E-state index contributed by atoms with van der Waals surface area (Å²) in [5, 5.41) is 3.42. The van der Waals surface area contributed by atoms with Crippen LogP contribution in [0.3, 0.4) is 0 Å². The van der Waals surface area contributed by atoms with Crippen LogP contribution < -0.4 is 5.32 Å². The molecule has 1 aromatic heterocycles. The number of rotatable bonds is 5. The third kappa shape index (κ3) is 4.28. The first-order valence-electron chi connectivity index (χ1n) is 9.22. The maximum absolute atomic E-state index is 13.4. The summed E-state index contributed by atoms with van der Waals surface area (Å²) in [6, 6.07) is 8.83. The van der Waals surface area contributed by atoms with E-state index in [1.807, 2.05) is 13.0 Å². The molecular formula is C20H24N2O4S2. The van der Waals surface area contributed by atoms with Crippen molar-refractivity contribution in [3.05, 3.63) is 51.7 Å². The van der Waals surface area contributed by atoms with Crippen molar-refractivity contribution < 1.29 is 18.0 Å². The number of aryl methyl sites for hydroxylation is 2. The van der Waals surface area contributed by atoms with E-state index in [4.69, 9.17) is 0 Å². The molecule has 0 unspecified atom stereocenters. The molecule has 1 atom stereocenters. The van der Waals surface area contributed by atoms with Crippen molar-refractivity contribution in [2.45, 2.75) is 36.8 Å². The Labute approximate surface area is 169 Å². The lowest BCUT2D eigenvalue weighted by molar-refractivity contribution is -0.145. The van der Waals surface area contributed by atoms with Gasteiger partial charge in [-0.3, -0.25) is 9.59 Å². The molecule has 0 aliphatic carbocycles. The highest BCUT2D eigenvalue weighted by molar-refractivity contribution is 7.92. The van der Waals surface area contributed by atoms with Gasteiger partial charge in [-0.2, -0.15) is 0 Å². The minimum atomic E-state index is -3.75. The van der Waals surface area contributed by atoms with Gasteiger partial charge in [0.25, 0.3) is 0 Å². The molecule has 0 spiro atoms. The number of carbonyl (C=O) groups is 2. The molecule has 2 amide bonds. The third-order valence-corrected chi connectivity index (χ3v) is 8.28. The Morgan fingerprint density at radius 1 is 1.18 bits per heavy atom. The molecule has 8 heteroatoms. The molecule has 28 heavy (non-hydrogen) atoms. The van der Waals surface area contributed by atoms with Gasteiger partial charge in [0, 0.05) is 24.5 Å². The second-order valence-corrected chi connectivity index (χ2v) is 10.1. The van der Waals surface area contributed by atoms with Gasteiger partial charge in [-0.25, -0.2) is 8.42 Å². The number of carbonyl (C=O) groups excluding carboxylic acids is 2. The quantitative estimate of drug-likeness (QED) is 0.754. The summed E-state index contributed by atoms with van der Waals surface area (Å²) in [7, 11) is -3.75. The summed E-state index contributed by atoms with van der Waals surface area (Å²) in [6.07, 6.45) is 1.77. The lowest BCUT2D eigenvalue weighted by Crippen LogP contribution is -2.43. The number of benzene rings is 1. The summed E-state index contributed by atoms with van der Waals surface area (Å²) in [6.45, 7) is 4.60. The van der Waals surface area contributed by atoms with Crippen molar-refractivity contribution in [1.82, 2.24) is 10.2 Å². The Morgan fingerprint density at radius 3 is 2.54 bits per heavy atom. The largest absolute Gasteiger partial charge is 0.346 e. The predicted molar refractivity (Wildman–Crippen MR) is 109 cm³/mol. The van der Waals surface area contributed by atoms with Gasteiger partial charge < -0.3 is 10.2 Å². The first-order chi connectivity index (χ1) is 13.3. The zero-order chi connectivity index (χ0) is 20.3. The summed E-state index contributed by atoms with van der Waals surface area (Å²) < 4.78 is 26.8. The first kappa shape index (κ1) is 20.5. The molecule has 2 heterocycles. The molecule has 150 valence electrons. The van der Waals surface area contributed by atoms with Crippen LogP contribution in [0.1, 0.15) is 34.1 Å². The lowest BCUT2D eigenvalue weighted by atomic mass is 10.2. The summed E-state index contributed by atoms with van der Waals surface area (Å²) >= 11 is 1.32. The summed E-state index contributed by atoms with van der Waals surface area (Å²) in [5.74, 6) is -1.34. The van der Waals surface area contributed by atoms with Crippen molar-refractivity contribution in [3.8, 4) is 0 Å². The highest BCUT2D eigenvalue weighted by Crippen LogP contribution is 2.33. The Hall–Kier alpha value is -2.19. The van der Waals surface area contributed by atoms with Crippen LogP contribution in [0.2, 0.25) is 0 Å². The van der Waals surface area contributed by atoms with E-state index in [9.17, 15) is 18.0 Å². The number of likely N-dealkylation sites (tertiary alicyclic amines) is 1. The molecule has 1 N–H and O–H groups in total. The van der Waals surface area contributed by atoms with Gasteiger partial charge in [-0.1, -0.05) is 18.2 Å². The maximum Gasteiger partial charge on any atom is 0.311 e. The van der Waals surface area contributed by atoms with Crippen molar-refractivity contribution in [1.29, 1.82) is 0 Å². The van der Waals surface area contributed by atoms with Crippen LogP contribution in [-0.4, -0.2) is 44.8 Å². The molecule has 0 saturated carbocycles. The van der Waals surface area contributed by atoms with Crippen LogP contribution in [0.4, 0.5) is 0 Å². The summed E-state index contributed by atoms with van der Waals surface area (Å²) in [4.78, 5) is 26.9. The van der Waals surface area contributed by atoms with E-state index in [0.717, 1.165) is 18.4 Å². The number of hydrogen-bond donors (Lipinski definition) is 1.